The van der Waals surface area contributed by atoms with E-state index in [4.69, 9.17) is 0 Å². The monoisotopic (exact) mass is 328 g/mol. The zero-order valence-electron chi connectivity index (χ0n) is 14.3. The second-order valence-electron chi connectivity index (χ2n) is 8.50. The molecule has 128 valence electrons. The molecule has 4 rings (SSSR count). The molecule has 3 heteroatoms. The topological polar surface area (TPSA) is 34.1 Å². The fourth-order valence-electron chi connectivity index (χ4n) is 6.62. The number of rotatable bonds is 1. The molecule has 0 N–H and O–H groups in total. The second kappa shape index (κ2) is 5.81. The van der Waals surface area contributed by atoms with Crippen LogP contribution in [0.1, 0.15) is 51.9 Å². The Labute approximate surface area is 142 Å². The van der Waals surface area contributed by atoms with Crippen molar-refractivity contribution in [3.8, 4) is 0 Å². The Hall–Kier alpha value is -1.47. The van der Waals surface area contributed by atoms with Gasteiger partial charge in [0.1, 0.15) is 5.94 Å². The van der Waals surface area contributed by atoms with Gasteiger partial charge >= 0.3 is 0 Å². The Morgan fingerprint density at radius 3 is 2.83 bits per heavy atom. The summed E-state index contributed by atoms with van der Waals surface area (Å²) in [6.07, 6.45) is 10.8. The van der Waals surface area contributed by atoms with Gasteiger partial charge in [-0.2, -0.15) is 0 Å². The number of allylic oxidation sites excluding steroid dienone is 3. The highest BCUT2D eigenvalue weighted by molar-refractivity contribution is 5.91. The van der Waals surface area contributed by atoms with Crippen LogP contribution < -0.4 is 0 Å². The van der Waals surface area contributed by atoms with Gasteiger partial charge in [0.05, 0.1) is 6.33 Å². The van der Waals surface area contributed by atoms with Gasteiger partial charge in [-0.15, -0.1) is 0 Å². The minimum absolute atomic E-state index is 0.0117. The molecule has 2 nitrogen and oxygen atoms in total. The number of carbonyl (C=O) groups is 1. The molecule has 0 amide bonds. The van der Waals surface area contributed by atoms with E-state index in [2.05, 4.69) is 6.92 Å². The van der Waals surface area contributed by atoms with Crippen LogP contribution in [0.15, 0.2) is 29.6 Å². The van der Waals surface area contributed by atoms with E-state index in [-0.39, 0.29) is 23.0 Å². The summed E-state index contributed by atoms with van der Waals surface area (Å²) < 4.78 is 13.9. The molecule has 0 aliphatic heterocycles. The molecule has 0 aromatic heterocycles. The summed E-state index contributed by atoms with van der Waals surface area (Å²) in [4.78, 5) is 22.7. The summed E-state index contributed by atoms with van der Waals surface area (Å²) in [5, 5.41) is 0. The summed E-state index contributed by atoms with van der Waals surface area (Å²) in [7, 11) is 0. The van der Waals surface area contributed by atoms with Gasteiger partial charge in [-0.05, 0) is 85.2 Å². The van der Waals surface area contributed by atoms with Crippen molar-refractivity contribution in [1.29, 1.82) is 0 Å². The summed E-state index contributed by atoms with van der Waals surface area (Å²) >= 11 is 0. The first-order chi connectivity index (χ1) is 11.6. The lowest BCUT2D eigenvalue weighted by Gasteiger charge is -2.54. The molecule has 0 aromatic carbocycles. The zero-order chi connectivity index (χ0) is 16.9. The smallest absolute Gasteiger partial charge is 0.155 e. The van der Waals surface area contributed by atoms with Crippen molar-refractivity contribution in [2.75, 3.05) is 0 Å². The van der Waals surface area contributed by atoms with Crippen molar-refractivity contribution >= 4 is 11.7 Å². The first-order valence-corrected chi connectivity index (χ1v) is 9.32. The van der Waals surface area contributed by atoms with Crippen LogP contribution in [0.2, 0.25) is 0 Å². The number of hydrogen-bond donors (Lipinski definition) is 0. The van der Waals surface area contributed by atoms with Gasteiger partial charge in [0.25, 0.3) is 0 Å². The maximum atomic E-state index is 13.9. The van der Waals surface area contributed by atoms with Crippen molar-refractivity contribution in [3.05, 3.63) is 29.6 Å². The summed E-state index contributed by atoms with van der Waals surface area (Å²) in [5.41, 5.74) is 2.18. The van der Waals surface area contributed by atoms with Crippen molar-refractivity contribution in [2.45, 2.75) is 51.9 Å². The Morgan fingerprint density at radius 2 is 2.08 bits per heavy atom. The van der Waals surface area contributed by atoms with Gasteiger partial charge in [-0.3, -0.25) is 4.79 Å². The molecular formula is C21H25FO2. The molecule has 3 saturated carbocycles. The minimum atomic E-state index is -0.0117. The Balaban J connectivity index is 1.72. The average molecular weight is 328 g/mol. The van der Waals surface area contributed by atoms with E-state index in [1.54, 1.807) is 6.08 Å². The number of carbonyl (C=O) groups excluding carboxylic acids is 2. The highest BCUT2D eigenvalue weighted by atomic mass is 19.1. The number of fused-ring (bicyclic) bond motifs is 5. The second-order valence-corrected chi connectivity index (χ2v) is 8.50. The van der Waals surface area contributed by atoms with Gasteiger partial charge in [-0.1, -0.05) is 12.5 Å². The number of hydrogen-bond acceptors (Lipinski definition) is 2. The quantitative estimate of drug-likeness (QED) is 0.660. The van der Waals surface area contributed by atoms with Gasteiger partial charge in [-0.25, -0.2) is 9.18 Å². The van der Waals surface area contributed by atoms with Crippen molar-refractivity contribution in [2.24, 2.45) is 35.0 Å². The summed E-state index contributed by atoms with van der Waals surface area (Å²) in [5.74, 6) is 4.12. The third kappa shape index (κ3) is 2.21. The SMILES string of the molecule is C[C@]12CC(=CF)[C@H]3[C@@H](CCC4=CC(=O)CC[C@@H]43)[C@@H]1CC[C@H]2C=C=O. The molecule has 6 atom stereocenters. The van der Waals surface area contributed by atoms with E-state index in [9.17, 15) is 14.0 Å². The van der Waals surface area contributed by atoms with Crippen molar-refractivity contribution in [3.63, 3.8) is 0 Å². The van der Waals surface area contributed by atoms with Crippen LogP contribution in [0, 0.1) is 35.0 Å². The molecule has 0 heterocycles. The third-order valence-corrected chi connectivity index (χ3v) is 7.61. The molecule has 0 saturated heterocycles. The van der Waals surface area contributed by atoms with Crippen molar-refractivity contribution < 1.29 is 14.0 Å². The molecule has 3 fully saturated rings. The highest BCUT2D eigenvalue weighted by Gasteiger charge is 2.57. The first-order valence-electron chi connectivity index (χ1n) is 9.32. The van der Waals surface area contributed by atoms with Crippen LogP contribution in [0.3, 0.4) is 0 Å². The van der Waals surface area contributed by atoms with Gasteiger partial charge in [0.2, 0.25) is 0 Å². The molecule has 0 aromatic rings. The van der Waals surface area contributed by atoms with E-state index in [1.165, 1.54) is 5.57 Å². The Morgan fingerprint density at radius 1 is 1.25 bits per heavy atom. The predicted molar refractivity (Wildman–Crippen MR) is 90.4 cm³/mol. The molecule has 0 spiro atoms. The molecule has 0 unspecified atom stereocenters. The molecule has 4 aliphatic rings. The van der Waals surface area contributed by atoms with Gasteiger partial charge in [0.15, 0.2) is 5.78 Å². The van der Waals surface area contributed by atoms with Crippen LogP contribution in [0.25, 0.3) is 0 Å². The predicted octanol–water partition coefficient (Wildman–Crippen LogP) is 4.60. The van der Waals surface area contributed by atoms with Crippen LogP contribution in [0.5, 0.6) is 0 Å². The fourth-order valence-corrected chi connectivity index (χ4v) is 6.62. The lowest BCUT2D eigenvalue weighted by Crippen LogP contribution is -2.47. The number of halogens is 1. The maximum Gasteiger partial charge on any atom is 0.155 e. The normalized spacial score (nSPS) is 45.8. The first kappa shape index (κ1) is 16.0. The van der Waals surface area contributed by atoms with E-state index in [0.717, 1.165) is 50.4 Å². The molecule has 0 radical (unpaired) electrons. The third-order valence-electron chi connectivity index (χ3n) is 7.61. The fraction of sp³-hybridized carbons (Fsp3) is 0.667. The lowest BCUT2D eigenvalue weighted by molar-refractivity contribution is -0.115. The van der Waals surface area contributed by atoms with E-state index in [1.807, 2.05) is 12.0 Å². The molecule has 24 heavy (non-hydrogen) atoms. The van der Waals surface area contributed by atoms with Crippen LogP contribution in [-0.4, -0.2) is 11.7 Å². The number of ketones is 1. The highest BCUT2D eigenvalue weighted by Crippen LogP contribution is 2.65. The summed E-state index contributed by atoms with van der Waals surface area (Å²) in [6, 6.07) is 0. The van der Waals surface area contributed by atoms with E-state index in [0.29, 0.717) is 24.2 Å². The van der Waals surface area contributed by atoms with E-state index < -0.39 is 0 Å². The van der Waals surface area contributed by atoms with Crippen molar-refractivity contribution in [1.82, 2.24) is 0 Å². The van der Waals surface area contributed by atoms with E-state index >= 15 is 0 Å². The standard InChI is InChI=1S/C21H25FO2/c1-21-11-14(12-22)20-17-6-4-16(24)10-13(17)2-5-18(20)19(21)7-3-15(21)8-9-23/h8,10,12,15,17-20H,2-7,11H2,1H3/t15-,17-,18-,19-,20+,21+/m0/s1. The van der Waals surface area contributed by atoms with Crippen LogP contribution in [-0.2, 0) is 9.59 Å². The van der Waals surface area contributed by atoms with Gasteiger partial charge < -0.3 is 0 Å². The van der Waals surface area contributed by atoms with Crippen LogP contribution >= 0.6 is 0 Å². The van der Waals surface area contributed by atoms with Crippen LogP contribution in [0.4, 0.5) is 4.39 Å². The average Bonchev–Trinajstić information content (AvgIpc) is 2.90. The molecular weight excluding hydrogens is 303 g/mol. The Bertz CT molecular complexity index is 669. The molecule has 4 aliphatic carbocycles. The maximum absolute atomic E-state index is 13.9. The Kier molecular flexibility index (Phi) is 3.88. The largest absolute Gasteiger partial charge is 0.295 e. The lowest BCUT2D eigenvalue weighted by atomic mass is 9.50. The van der Waals surface area contributed by atoms with Gasteiger partial charge in [0, 0.05) is 12.5 Å². The molecule has 0 bridgehead atoms. The zero-order valence-corrected chi connectivity index (χ0v) is 14.3. The summed E-state index contributed by atoms with van der Waals surface area (Å²) in [6.45, 7) is 2.25. The minimum Gasteiger partial charge on any atom is -0.295 e.